The van der Waals surface area contributed by atoms with Gasteiger partial charge in [-0.25, -0.2) is 0 Å². The van der Waals surface area contributed by atoms with E-state index in [1.54, 1.807) is 0 Å². The summed E-state index contributed by atoms with van der Waals surface area (Å²) in [5.74, 6) is 1.65. The third kappa shape index (κ3) is 40.6. The highest BCUT2D eigenvalue weighted by molar-refractivity contribution is 5.71. The van der Waals surface area contributed by atoms with Gasteiger partial charge in [0.1, 0.15) is 13.2 Å². The lowest BCUT2D eigenvalue weighted by molar-refractivity contribution is -0.167. The molecule has 6 heteroatoms. The maximum absolute atomic E-state index is 12.7. The Hall–Kier alpha value is -1.59. The van der Waals surface area contributed by atoms with Crippen molar-refractivity contribution >= 4 is 17.9 Å². The minimum atomic E-state index is -0.763. The molecule has 0 aliphatic carbocycles. The first-order valence-electron chi connectivity index (χ1n) is 24.7. The second-order valence-corrected chi connectivity index (χ2v) is 18.1. The maximum Gasteiger partial charge on any atom is 0.306 e. The van der Waals surface area contributed by atoms with Crippen molar-refractivity contribution in [2.75, 3.05) is 13.2 Å². The highest BCUT2D eigenvalue weighted by atomic mass is 16.6. The maximum atomic E-state index is 12.7. The lowest BCUT2D eigenvalue weighted by Gasteiger charge is -2.18. The number of carbonyl (C=O) groups is 3. The van der Waals surface area contributed by atoms with Crippen molar-refractivity contribution in [1.29, 1.82) is 0 Å². The van der Waals surface area contributed by atoms with Gasteiger partial charge in [-0.3, -0.25) is 14.4 Å². The van der Waals surface area contributed by atoms with E-state index >= 15 is 0 Å². The predicted octanol–water partition coefficient (Wildman–Crippen LogP) is 15.6. The Bertz CT molecular complexity index is 872. The molecule has 0 aliphatic heterocycles. The number of ether oxygens (including phenoxy) is 3. The van der Waals surface area contributed by atoms with E-state index in [4.69, 9.17) is 14.2 Å². The molecule has 0 N–H and O–H groups in total. The van der Waals surface area contributed by atoms with Gasteiger partial charge in [-0.1, -0.05) is 228 Å². The van der Waals surface area contributed by atoms with Gasteiger partial charge in [0, 0.05) is 19.3 Å². The molecule has 0 aromatic heterocycles. The summed E-state index contributed by atoms with van der Waals surface area (Å²) in [6, 6.07) is 0. The van der Waals surface area contributed by atoms with Gasteiger partial charge in [-0.2, -0.15) is 0 Å². The molecule has 0 amide bonds. The molecule has 0 heterocycles. The third-order valence-electron chi connectivity index (χ3n) is 11.9. The minimum Gasteiger partial charge on any atom is -0.462 e. The monoisotopic (exact) mass is 793 g/mol. The molecular weight excluding hydrogens is 697 g/mol. The van der Waals surface area contributed by atoms with Crippen LogP contribution in [0.15, 0.2) is 0 Å². The molecule has 0 saturated carbocycles. The Kier molecular flexibility index (Phi) is 40.4. The van der Waals surface area contributed by atoms with Crippen LogP contribution in [0.1, 0.15) is 266 Å². The molecule has 0 fully saturated rings. The first-order valence-corrected chi connectivity index (χ1v) is 24.7. The van der Waals surface area contributed by atoms with Crippen LogP contribution in [0.2, 0.25) is 0 Å². The van der Waals surface area contributed by atoms with Crippen molar-refractivity contribution < 1.29 is 28.6 Å². The predicted molar refractivity (Wildman–Crippen MR) is 238 cm³/mol. The summed E-state index contributed by atoms with van der Waals surface area (Å²) >= 11 is 0. The average Bonchev–Trinajstić information content (AvgIpc) is 3.18. The van der Waals surface area contributed by atoms with E-state index in [-0.39, 0.29) is 31.1 Å². The molecule has 56 heavy (non-hydrogen) atoms. The zero-order valence-corrected chi connectivity index (χ0v) is 38.4. The van der Waals surface area contributed by atoms with Crippen LogP contribution < -0.4 is 0 Å². The van der Waals surface area contributed by atoms with E-state index in [0.717, 1.165) is 75.5 Å². The van der Waals surface area contributed by atoms with Gasteiger partial charge in [0.2, 0.25) is 0 Å². The number of esters is 3. The molecular formula is C50H96O6. The zero-order chi connectivity index (χ0) is 41.3. The number of carbonyl (C=O) groups excluding carboxylic acids is 3. The van der Waals surface area contributed by atoms with Crippen LogP contribution in [0.3, 0.4) is 0 Å². The van der Waals surface area contributed by atoms with Crippen molar-refractivity contribution in [1.82, 2.24) is 0 Å². The van der Waals surface area contributed by atoms with E-state index in [2.05, 4.69) is 41.5 Å². The largest absolute Gasteiger partial charge is 0.462 e. The average molecular weight is 793 g/mol. The van der Waals surface area contributed by atoms with Gasteiger partial charge in [-0.05, 0) is 37.0 Å². The van der Waals surface area contributed by atoms with E-state index in [9.17, 15) is 14.4 Å². The van der Waals surface area contributed by atoms with Crippen LogP contribution in [0.5, 0.6) is 0 Å². The standard InChI is InChI=1S/C50H96O6/c1-7-45(5)37-31-25-19-15-12-13-17-21-28-34-40-49(52)55-43-47(56-50(53)41-35-29-23-22-26-32-38-46(6)8-2)42-54-48(51)39-33-27-20-16-11-9-10-14-18-24-30-36-44(3)4/h44-47H,7-43H2,1-6H3/t45?,46?,47-/m1/s1. The smallest absolute Gasteiger partial charge is 0.306 e. The Morgan fingerprint density at radius 3 is 0.929 bits per heavy atom. The van der Waals surface area contributed by atoms with Crippen LogP contribution in [0, 0.1) is 17.8 Å². The normalized spacial score (nSPS) is 13.1. The number of hydrogen-bond acceptors (Lipinski definition) is 6. The van der Waals surface area contributed by atoms with Crippen molar-refractivity contribution in [2.24, 2.45) is 17.8 Å². The van der Waals surface area contributed by atoms with Gasteiger partial charge in [0.05, 0.1) is 0 Å². The first kappa shape index (κ1) is 54.4. The summed E-state index contributed by atoms with van der Waals surface area (Å²) in [5, 5.41) is 0. The third-order valence-corrected chi connectivity index (χ3v) is 11.9. The summed E-state index contributed by atoms with van der Waals surface area (Å²) < 4.78 is 16.8. The fourth-order valence-electron chi connectivity index (χ4n) is 7.34. The summed E-state index contributed by atoms with van der Waals surface area (Å²) in [6.45, 7) is 13.7. The molecule has 0 saturated heterocycles. The summed E-state index contributed by atoms with van der Waals surface area (Å²) in [4.78, 5) is 37.8. The molecule has 0 aromatic carbocycles. The molecule has 0 rings (SSSR count). The number of unbranched alkanes of at least 4 members (excludes halogenated alkanes) is 24. The molecule has 0 aliphatic rings. The number of hydrogen-bond donors (Lipinski definition) is 0. The van der Waals surface area contributed by atoms with Gasteiger partial charge in [-0.15, -0.1) is 0 Å². The highest BCUT2D eigenvalue weighted by Gasteiger charge is 2.19. The van der Waals surface area contributed by atoms with Crippen LogP contribution >= 0.6 is 0 Å². The van der Waals surface area contributed by atoms with Crippen molar-refractivity contribution in [3.63, 3.8) is 0 Å². The quantitative estimate of drug-likeness (QED) is 0.0348. The summed E-state index contributed by atoms with van der Waals surface area (Å²) in [6.07, 6.45) is 39.4. The minimum absolute atomic E-state index is 0.0661. The number of rotatable bonds is 43. The lowest BCUT2D eigenvalue weighted by Crippen LogP contribution is -2.30. The van der Waals surface area contributed by atoms with Crippen LogP contribution in [-0.4, -0.2) is 37.2 Å². The van der Waals surface area contributed by atoms with Crippen molar-refractivity contribution in [3.8, 4) is 0 Å². The highest BCUT2D eigenvalue weighted by Crippen LogP contribution is 2.18. The van der Waals surface area contributed by atoms with Gasteiger partial charge in [0.25, 0.3) is 0 Å². The van der Waals surface area contributed by atoms with E-state index < -0.39 is 6.10 Å². The molecule has 0 bridgehead atoms. The van der Waals surface area contributed by atoms with Gasteiger partial charge in [0.15, 0.2) is 6.10 Å². The molecule has 0 radical (unpaired) electrons. The first-order chi connectivity index (χ1) is 27.2. The van der Waals surface area contributed by atoms with E-state index in [0.29, 0.717) is 19.3 Å². The van der Waals surface area contributed by atoms with Gasteiger partial charge < -0.3 is 14.2 Å². The van der Waals surface area contributed by atoms with Crippen molar-refractivity contribution in [2.45, 2.75) is 272 Å². The van der Waals surface area contributed by atoms with Crippen LogP contribution in [0.25, 0.3) is 0 Å². The second-order valence-electron chi connectivity index (χ2n) is 18.1. The SMILES string of the molecule is CCC(C)CCCCCCCCCCCCC(=O)OC[C@@H](COC(=O)CCCCCCCCCCCCCC(C)C)OC(=O)CCCCCCCCC(C)CC. The molecule has 2 unspecified atom stereocenters. The van der Waals surface area contributed by atoms with Gasteiger partial charge >= 0.3 is 17.9 Å². The molecule has 0 spiro atoms. The fourth-order valence-corrected chi connectivity index (χ4v) is 7.34. The summed E-state index contributed by atoms with van der Waals surface area (Å²) in [5.41, 5.74) is 0. The zero-order valence-electron chi connectivity index (χ0n) is 38.4. The van der Waals surface area contributed by atoms with Crippen LogP contribution in [0.4, 0.5) is 0 Å². The van der Waals surface area contributed by atoms with E-state index in [1.165, 1.54) is 148 Å². The van der Waals surface area contributed by atoms with Crippen LogP contribution in [-0.2, 0) is 28.6 Å². The molecule has 6 nitrogen and oxygen atoms in total. The lowest BCUT2D eigenvalue weighted by atomic mass is 9.99. The molecule has 3 atom stereocenters. The molecule has 332 valence electrons. The van der Waals surface area contributed by atoms with E-state index in [1.807, 2.05) is 0 Å². The Morgan fingerprint density at radius 2 is 0.625 bits per heavy atom. The Balaban J connectivity index is 4.32. The Labute approximate surface area is 348 Å². The topological polar surface area (TPSA) is 78.9 Å². The summed E-state index contributed by atoms with van der Waals surface area (Å²) in [7, 11) is 0. The van der Waals surface area contributed by atoms with Crippen molar-refractivity contribution in [3.05, 3.63) is 0 Å². The molecule has 0 aromatic rings. The second kappa shape index (κ2) is 41.6. The fraction of sp³-hybridized carbons (Fsp3) is 0.940. The Morgan fingerprint density at radius 1 is 0.357 bits per heavy atom.